The third kappa shape index (κ3) is 2.48. The molecular formula is C19H16N4. The highest BCUT2D eigenvalue weighted by Crippen LogP contribution is 2.29. The second-order valence-corrected chi connectivity index (χ2v) is 5.50. The van der Waals surface area contributed by atoms with E-state index in [1.165, 1.54) is 0 Å². The van der Waals surface area contributed by atoms with Gasteiger partial charge in [-0.15, -0.1) is 0 Å². The Morgan fingerprint density at radius 1 is 1.00 bits per heavy atom. The van der Waals surface area contributed by atoms with Crippen molar-refractivity contribution in [2.45, 2.75) is 0 Å². The molecule has 0 saturated carbocycles. The van der Waals surface area contributed by atoms with Gasteiger partial charge in [0.1, 0.15) is 0 Å². The van der Waals surface area contributed by atoms with E-state index in [1.807, 2.05) is 48.8 Å². The molecule has 0 aliphatic carbocycles. The van der Waals surface area contributed by atoms with Crippen molar-refractivity contribution in [1.82, 2.24) is 19.9 Å². The molecule has 2 aromatic heterocycles. The van der Waals surface area contributed by atoms with Crippen LogP contribution in [0.1, 0.15) is 5.69 Å². The molecule has 0 atom stereocenters. The Hall–Kier alpha value is -3.01. The van der Waals surface area contributed by atoms with Crippen LogP contribution < -0.4 is 0 Å². The molecule has 4 heteroatoms. The molecule has 1 aliphatic heterocycles. The summed E-state index contributed by atoms with van der Waals surface area (Å²) in [6.07, 6.45) is 9.92. The molecule has 0 spiro atoms. The van der Waals surface area contributed by atoms with E-state index in [9.17, 15) is 0 Å². The molecule has 0 N–H and O–H groups in total. The number of pyridine rings is 1. The Kier molecular flexibility index (Phi) is 3.35. The van der Waals surface area contributed by atoms with Crippen LogP contribution in [0.4, 0.5) is 0 Å². The number of nitrogens with zero attached hydrogens (tertiary/aromatic N) is 4. The Morgan fingerprint density at radius 3 is 2.74 bits per heavy atom. The van der Waals surface area contributed by atoms with Crippen molar-refractivity contribution in [3.63, 3.8) is 0 Å². The van der Waals surface area contributed by atoms with Crippen molar-refractivity contribution in [2.75, 3.05) is 13.6 Å². The molecule has 0 bridgehead atoms. The molecule has 0 amide bonds. The van der Waals surface area contributed by atoms with E-state index in [1.54, 1.807) is 0 Å². The molecular weight excluding hydrogens is 284 g/mol. The number of hydrogen-bond acceptors (Lipinski definition) is 4. The maximum atomic E-state index is 4.76. The minimum atomic E-state index is 0.843. The summed E-state index contributed by atoms with van der Waals surface area (Å²) in [5.74, 6) is 0. The van der Waals surface area contributed by atoms with Crippen molar-refractivity contribution in [3.05, 3.63) is 72.7 Å². The van der Waals surface area contributed by atoms with Gasteiger partial charge in [0.05, 0.1) is 34.3 Å². The smallest absolute Gasteiger partial charge is 0.0957 e. The lowest BCUT2D eigenvalue weighted by Crippen LogP contribution is -2.19. The van der Waals surface area contributed by atoms with Crippen molar-refractivity contribution in [1.29, 1.82) is 0 Å². The van der Waals surface area contributed by atoms with Crippen LogP contribution in [-0.4, -0.2) is 33.4 Å². The van der Waals surface area contributed by atoms with Gasteiger partial charge in [-0.2, -0.15) is 0 Å². The summed E-state index contributed by atoms with van der Waals surface area (Å²) in [7, 11) is 2.07. The van der Waals surface area contributed by atoms with Crippen LogP contribution in [0.5, 0.6) is 0 Å². The van der Waals surface area contributed by atoms with E-state index < -0.39 is 0 Å². The van der Waals surface area contributed by atoms with E-state index in [0.717, 1.165) is 40.2 Å². The number of benzene rings is 1. The first-order chi connectivity index (χ1) is 11.3. The standard InChI is InChI=1S/C19H16N4/c1-23-12-5-4-10-18(23)19-14(7-6-11-20-19)17-13-21-15-8-2-3-9-16(15)22-17/h2-11,13H,12H2,1H3. The lowest BCUT2D eigenvalue weighted by atomic mass is 10.1. The first-order valence-electron chi connectivity index (χ1n) is 7.58. The van der Waals surface area contributed by atoms with E-state index in [4.69, 9.17) is 4.98 Å². The molecule has 23 heavy (non-hydrogen) atoms. The van der Waals surface area contributed by atoms with Crippen molar-refractivity contribution in [2.24, 2.45) is 0 Å². The lowest BCUT2D eigenvalue weighted by molar-refractivity contribution is 0.529. The van der Waals surface area contributed by atoms with Crippen LogP contribution in [0.2, 0.25) is 0 Å². The van der Waals surface area contributed by atoms with Gasteiger partial charge in [0.15, 0.2) is 0 Å². The summed E-state index contributed by atoms with van der Waals surface area (Å²) in [4.78, 5) is 16.1. The highest BCUT2D eigenvalue weighted by atomic mass is 15.1. The molecule has 4 rings (SSSR count). The molecule has 4 nitrogen and oxygen atoms in total. The average molecular weight is 300 g/mol. The highest BCUT2D eigenvalue weighted by Gasteiger charge is 2.16. The summed E-state index contributed by atoms with van der Waals surface area (Å²) in [5.41, 5.74) is 5.67. The van der Waals surface area contributed by atoms with Gasteiger partial charge >= 0.3 is 0 Å². The van der Waals surface area contributed by atoms with Crippen LogP contribution in [0.25, 0.3) is 28.0 Å². The fourth-order valence-corrected chi connectivity index (χ4v) is 2.77. The molecule has 3 aromatic rings. The Balaban J connectivity index is 1.88. The maximum absolute atomic E-state index is 4.76. The number of allylic oxidation sites excluding steroid dienone is 2. The molecule has 1 aromatic carbocycles. The number of para-hydroxylation sites is 2. The highest BCUT2D eigenvalue weighted by molar-refractivity contribution is 5.81. The normalized spacial score (nSPS) is 14.1. The van der Waals surface area contributed by atoms with Gasteiger partial charge in [-0.25, -0.2) is 4.98 Å². The van der Waals surface area contributed by atoms with Gasteiger partial charge in [-0.05, 0) is 30.3 Å². The predicted molar refractivity (Wildman–Crippen MR) is 92.5 cm³/mol. The minimum Gasteiger partial charge on any atom is -0.369 e. The number of aromatic nitrogens is 3. The fourth-order valence-electron chi connectivity index (χ4n) is 2.77. The van der Waals surface area contributed by atoms with Crippen molar-refractivity contribution < 1.29 is 0 Å². The first-order valence-corrected chi connectivity index (χ1v) is 7.58. The first kappa shape index (κ1) is 13.6. The topological polar surface area (TPSA) is 41.9 Å². The third-order valence-electron chi connectivity index (χ3n) is 3.96. The molecule has 0 fully saturated rings. The predicted octanol–water partition coefficient (Wildman–Crippen LogP) is 3.53. The summed E-state index contributed by atoms with van der Waals surface area (Å²) >= 11 is 0. The largest absolute Gasteiger partial charge is 0.369 e. The molecule has 112 valence electrons. The zero-order valence-corrected chi connectivity index (χ0v) is 12.8. The van der Waals surface area contributed by atoms with E-state index in [0.29, 0.717) is 0 Å². The van der Waals surface area contributed by atoms with Crippen molar-refractivity contribution >= 4 is 16.7 Å². The van der Waals surface area contributed by atoms with Gasteiger partial charge in [-0.3, -0.25) is 9.97 Å². The van der Waals surface area contributed by atoms with E-state index >= 15 is 0 Å². The quantitative estimate of drug-likeness (QED) is 0.726. The number of fused-ring (bicyclic) bond motifs is 1. The van der Waals surface area contributed by atoms with Crippen LogP contribution >= 0.6 is 0 Å². The Morgan fingerprint density at radius 2 is 1.87 bits per heavy atom. The van der Waals surface area contributed by atoms with Crippen molar-refractivity contribution in [3.8, 4) is 11.3 Å². The van der Waals surface area contributed by atoms with Crippen LogP contribution in [0, 0.1) is 0 Å². The molecule has 3 heterocycles. The SMILES string of the molecule is CN1CC=CC=C1c1ncccc1-c1cnc2ccccc2n1. The molecule has 0 radical (unpaired) electrons. The van der Waals surface area contributed by atoms with Gasteiger partial charge < -0.3 is 4.90 Å². The van der Waals surface area contributed by atoms with Crippen LogP contribution in [0.15, 0.2) is 67.0 Å². The van der Waals surface area contributed by atoms with Gasteiger partial charge in [0.2, 0.25) is 0 Å². The summed E-state index contributed by atoms with van der Waals surface area (Å²) in [6, 6.07) is 11.9. The number of rotatable bonds is 2. The summed E-state index contributed by atoms with van der Waals surface area (Å²) in [6.45, 7) is 0.880. The molecule has 1 aliphatic rings. The third-order valence-corrected chi connectivity index (χ3v) is 3.96. The maximum Gasteiger partial charge on any atom is 0.0957 e. The average Bonchev–Trinajstić information content (AvgIpc) is 2.62. The van der Waals surface area contributed by atoms with Gasteiger partial charge in [-0.1, -0.05) is 24.3 Å². The zero-order valence-electron chi connectivity index (χ0n) is 12.8. The zero-order chi connectivity index (χ0) is 15.6. The Labute approximate surface area is 134 Å². The summed E-state index contributed by atoms with van der Waals surface area (Å²) < 4.78 is 0. The van der Waals surface area contributed by atoms with E-state index in [-0.39, 0.29) is 0 Å². The second kappa shape index (κ2) is 5.65. The van der Waals surface area contributed by atoms with E-state index in [2.05, 4.69) is 40.1 Å². The number of likely N-dealkylation sites (N-methyl/N-ethyl adjacent to an activating group) is 1. The Bertz CT molecular complexity index is 927. The van der Waals surface area contributed by atoms with Gasteiger partial charge in [0.25, 0.3) is 0 Å². The molecule has 0 unspecified atom stereocenters. The summed E-state index contributed by atoms with van der Waals surface area (Å²) in [5, 5.41) is 0. The monoisotopic (exact) mass is 300 g/mol. The fraction of sp³-hybridized carbons (Fsp3) is 0.105. The molecule has 0 saturated heterocycles. The van der Waals surface area contributed by atoms with Crippen LogP contribution in [-0.2, 0) is 0 Å². The van der Waals surface area contributed by atoms with Gasteiger partial charge in [0, 0.05) is 25.4 Å². The number of hydrogen-bond donors (Lipinski definition) is 0. The second-order valence-electron chi connectivity index (χ2n) is 5.50. The van der Waals surface area contributed by atoms with Crippen LogP contribution in [0.3, 0.4) is 0 Å². The minimum absolute atomic E-state index is 0.843. The lowest BCUT2D eigenvalue weighted by Gasteiger charge is -2.24.